The van der Waals surface area contributed by atoms with Gasteiger partial charge in [-0.1, -0.05) is 13.3 Å². The van der Waals surface area contributed by atoms with Crippen molar-refractivity contribution in [2.24, 2.45) is 11.8 Å². The summed E-state index contributed by atoms with van der Waals surface area (Å²) in [4.78, 5) is 2.71. The molecule has 0 spiro atoms. The van der Waals surface area contributed by atoms with Gasteiger partial charge in [0.05, 0.1) is 0 Å². The first-order chi connectivity index (χ1) is 4.90. The standard InChI is InChI=1S/C9H15N/c1-2-6-3-8-9-4-7(6)5-10(8)9/h6-9H,2-5H2,1H3. The molecule has 5 unspecified atom stereocenters. The Morgan fingerprint density at radius 3 is 2.50 bits per heavy atom. The molecule has 0 amide bonds. The summed E-state index contributed by atoms with van der Waals surface area (Å²) in [6, 6.07) is 2.11. The lowest BCUT2D eigenvalue weighted by Crippen LogP contribution is -2.29. The topological polar surface area (TPSA) is 3.01 Å². The summed E-state index contributed by atoms with van der Waals surface area (Å²) in [7, 11) is 0. The van der Waals surface area contributed by atoms with Crippen molar-refractivity contribution in [1.29, 1.82) is 0 Å². The number of nitrogens with zero attached hydrogens (tertiary/aromatic N) is 1. The molecule has 0 aromatic heterocycles. The summed E-state index contributed by atoms with van der Waals surface area (Å²) in [6.07, 6.45) is 4.51. The molecule has 5 atom stereocenters. The highest BCUT2D eigenvalue weighted by molar-refractivity contribution is 5.14. The molecule has 1 aliphatic carbocycles. The van der Waals surface area contributed by atoms with Crippen LogP contribution in [0.2, 0.25) is 0 Å². The van der Waals surface area contributed by atoms with Gasteiger partial charge in [0.25, 0.3) is 0 Å². The Morgan fingerprint density at radius 1 is 1.30 bits per heavy atom. The second-order valence-corrected chi connectivity index (χ2v) is 4.23. The number of fused-ring (bicyclic) bond motifs is 1. The Balaban J connectivity index is 1.83. The third-order valence-electron chi connectivity index (χ3n) is 3.93. The van der Waals surface area contributed by atoms with Gasteiger partial charge >= 0.3 is 0 Å². The summed E-state index contributed by atoms with van der Waals surface area (Å²) >= 11 is 0. The van der Waals surface area contributed by atoms with E-state index in [1.165, 1.54) is 19.4 Å². The third-order valence-corrected chi connectivity index (χ3v) is 3.93. The van der Waals surface area contributed by atoms with Crippen molar-refractivity contribution < 1.29 is 0 Å². The normalized spacial score (nSPS) is 62.7. The van der Waals surface area contributed by atoms with Crippen molar-refractivity contribution in [2.45, 2.75) is 38.3 Å². The minimum atomic E-state index is 1.05. The van der Waals surface area contributed by atoms with Crippen LogP contribution < -0.4 is 0 Å². The van der Waals surface area contributed by atoms with Gasteiger partial charge in [0.15, 0.2) is 0 Å². The molecule has 0 N–H and O–H groups in total. The van der Waals surface area contributed by atoms with Gasteiger partial charge in [-0.05, 0) is 24.7 Å². The Labute approximate surface area is 62.4 Å². The molecule has 3 heterocycles. The average Bonchev–Trinajstić information content (AvgIpc) is 2.50. The van der Waals surface area contributed by atoms with Crippen molar-refractivity contribution in [2.75, 3.05) is 6.54 Å². The lowest BCUT2D eigenvalue weighted by atomic mass is 9.78. The molecule has 0 aromatic rings. The minimum Gasteiger partial charge on any atom is -0.294 e. The van der Waals surface area contributed by atoms with Crippen LogP contribution in [0.3, 0.4) is 0 Å². The fraction of sp³-hybridized carbons (Fsp3) is 1.00. The van der Waals surface area contributed by atoms with E-state index in [1.807, 2.05) is 0 Å². The number of hydrogen-bond acceptors (Lipinski definition) is 1. The molecule has 3 saturated heterocycles. The van der Waals surface area contributed by atoms with E-state index in [0.29, 0.717) is 0 Å². The molecule has 4 rings (SSSR count). The van der Waals surface area contributed by atoms with E-state index >= 15 is 0 Å². The Hall–Kier alpha value is -0.0400. The fourth-order valence-corrected chi connectivity index (χ4v) is 3.25. The van der Waals surface area contributed by atoms with Crippen LogP contribution in [0.15, 0.2) is 0 Å². The molecule has 0 aromatic carbocycles. The largest absolute Gasteiger partial charge is 0.294 e. The number of piperidine rings is 2. The zero-order valence-corrected chi connectivity index (χ0v) is 6.59. The van der Waals surface area contributed by atoms with Crippen LogP contribution in [0, 0.1) is 11.8 Å². The van der Waals surface area contributed by atoms with Crippen molar-refractivity contribution in [3.05, 3.63) is 0 Å². The maximum atomic E-state index is 2.71. The van der Waals surface area contributed by atoms with E-state index in [2.05, 4.69) is 11.8 Å². The molecule has 56 valence electrons. The highest BCUT2D eigenvalue weighted by Gasteiger charge is 2.59. The van der Waals surface area contributed by atoms with Gasteiger partial charge in [0.2, 0.25) is 0 Å². The monoisotopic (exact) mass is 137 g/mol. The molecule has 4 bridgehead atoms. The van der Waals surface area contributed by atoms with Crippen molar-refractivity contribution in [1.82, 2.24) is 4.90 Å². The minimum absolute atomic E-state index is 1.05. The third kappa shape index (κ3) is 0.493. The number of hydrogen-bond donors (Lipinski definition) is 0. The van der Waals surface area contributed by atoms with Crippen molar-refractivity contribution in [3.63, 3.8) is 0 Å². The molecule has 1 saturated carbocycles. The molecule has 4 fully saturated rings. The van der Waals surface area contributed by atoms with Crippen LogP contribution in [-0.4, -0.2) is 23.5 Å². The molecule has 1 heteroatoms. The lowest BCUT2D eigenvalue weighted by molar-refractivity contribution is 0.217. The van der Waals surface area contributed by atoms with Crippen LogP contribution in [0.1, 0.15) is 26.2 Å². The van der Waals surface area contributed by atoms with Crippen LogP contribution in [-0.2, 0) is 0 Å². The first-order valence-electron chi connectivity index (χ1n) is 4.66. The fourth-order valence-electron chi connectivity index (χ4n) is 3.25. The lowest BCUT2D eigenvalue weighted by Gasteiger charge is -2.30. The predicted molar refractivity (Wildman–Crippen MR) is 40.8 cm³/mol. The van der Waals surface area contributed by atoms with Gasteiger partial charge < -0.3 is 0 Å². The van der Waals surface area contributed by atoms with Gasteiger partial charge in [0.1, 0.15) is 0 Å². The first kappa shape index (κ1) is 5.59. The van der Waals surface area contributed by atoms with E-state index in [9.17, 15) is 0 Å². The molecular formula is C9H15N. The van der Waals surface area contributed by atoms with Gasteiger partial charge in [-0.2, -0.15) is 0 Å². The van der Waals surface area contributed by atoms with Gasteiger partial charge in [0, 0.05) is 18.6 Å². The zero-order valence-electron chi connectivity index (χ0n) is 6.59. The quantitative estimate of drug-likeness (QED) is 0.495. The smallest absolute Gasteiger partial charge is 0.0258 e. The van der Waals surface area contributed by atoms with E-state index in [0.717, 1.165) is 23.9 Å². The molecule has 10 heavy (non-hydrogen) atoms. The van der Waals surface area contributed by atoms with E-state index in [1.54, 1.807) is 6.42 Å². The Bertz CT molecular complexity index is 154. The second kappa shape index (κ2) is 1.58. The van der Waals surface area contributed by atoms with E-state index in [-0.39, 0.29) is 0 Å². The highest BCUT2D eigenvalue weighted by atomic mass is 15.4. The summed E-state index contributed by atoms with van der Waals surface area (Å²) in [5.74, 6) is 2.19. The van der Waals surface area contributed by atoms with Crippen LogP contribution in [0.25, 0.3) is 0 Å². The zero-order chi connectivity index (χ0) is 6.72. The van der Waals surface area contributed by atoms with E-state index < -0.39 is 0 Å². The Morgan fingerprint density at radius 2 is 2.10 bits per heavy atom. The van der Waals surface area contributed by atoms with Crippen molar-refractivity contribution >= 4 is 0 Å². The Kier molecular flexibility index (Phi) is 0.883. The van der Waals surface area contributed by atoms with Gasteiger partial charge in [-0.3, -0.25) is 4.90 Å². The maximum Gasteiger partial charge on any atom is 0.0258 e. The summed E-state index contributed by atoms with van der Waals surface area (Å²) in [6.45, 7) is 3.81. The van der Waals surface area contributed by atoms with Gasteiger partial charge in [-0.15, -0.1) is 0 Å². The maximum absolute atomic E-state index is 2.71. The SMILES string of the molecule is CCC1CC2C3CC1CN23. The van der Waals surface area contributed by atoms with Crippen LogP contribution >= 0.6 is 0 Å². The molecule has 3 aliphatic heterocycles. The summed E-state index contributed by atoms with van der Waals surface area (Å²) < 4.78 is 0. The van der Waals surface area contributed by atoms with Crippen LogP contribution in [0.5, 0.6) is 0 Å². The van der Waals surface area contributed by atoms with Crippen LogP contribution in [0.4, 0.5) is 0 Å². The van der Waals surface area contributed by atoms with Gasteiger partial charge in [-0.25, -0.2) is 0 Å². The molecular weight excluding hydrogens is 122 g/mol. The highest BCUT2D eigenvalue weighted by Crippen LogP contribution is 2.53. The number of rotatable bonds is 1. The molecule has 4 aliphatic rings. The van der Waals surface area contributed by atoms with E-state index in [4.69, 9.17) is 0 Å². The summed E-state index contributed by atoms with van der Waals surface area (Å²) in [5, 5.41) is 0. The summed E-state index contributed by atoms with van der Waals surface area (Å²) in [5.41, 5.74) is 0. The average molecular weight is 137 g/mol. The first-order valence-corrected chi connectivity index (χ1v) is 4.66. The molecule has 0 radical (unpaired) electrons. The molecule has 1 nitrogen and oxygen atoms in total. The second-order valence-electron chi connectivity index (χ2n) is 4.23. The van der Waals surface area contributed by atoms with Crippen molar-refractivity contribution in [3.8, 4) is 0 Å². The predicted octanol–water partition coefficient (Wildman–Crippen LogP) is 1.49.